The summed E-state index contributed by atoms with van der Waals surface area (Å²) in [6, 6.07) is 7.98. The summed E-state index contributed by atoms with van der Waals surface area (Å²) in [4.78, 5) is 2.41. The van der Waals surface area contributed by atoms with Crippen LogP contribution in [0.5, 0.6) is 0 Å². The maximum atomic E-state index is 5.34. The van der Waals surface area contributed by atoms with Crippen molar-refractivity contribution in [1.82, 2.24) is 15.6 Å². The van der Waals surface area contributed by atoms with Crippen LogP contribution in [0.2, 0.25) is 0 Å². The van der Waals surface area contributed by atoms with Crippen molar-refractivity contribution in [3.8, 4) is 0 Å². The van der Waals surface area contributed by atoms with Gasteiger partial charge in [0.15, 0.2) is 5.11 Å². The van der Waals surface area contributed by atoms with E-state index < -0.39 is 0 Å². The first-order chi connectivity index (χ1) is 11.2. The van der Waals surface area contributed by atoms with E-state index in [4.69, 9.17) is 17.0 Å². The van der Waals surface area contributed by atoms with Gasteiger partial charge in [0.05, 0.1) is 18.9 Å². The highest BCUT2D eigenvalue weighted by molar-refractivity contribution is 9.10. The van der Waals surface area contributed by atoms with Gasteiger partial charge in [0.25, 0.3) is 0 Å². The fourth-order valence-corrected chi connectivity index (χ4v) is 3.04. The third kappa shape index (κ3) is 6.55. The van der Waals surface area contributed by atoms with Crippen LogP contribution in [0, 0.1) is 0 Å². The zero-order valence-corrected chi connectivity index (χ0v) is 15.8. The van der Waals surface area contributed by atoms with Gasteiger partial charge in [-0.05, 0) is 38.2 Å². The first-order valence-corrected chi connectivity index (χ1v) is 9.00. The smallest absolute Gasteiger partial charge is 0.186 e. The zero-order valence-electron chi connectivity index (χ0n) is 13.3. The van der Waals surface area contributed by atoms with Crippen molar-refractivity contribution in [2.45, 2.75) is 13.3 Å². The van der Waals surface area contributed by atoms with Crippen LogP contribution in [0.1, 0.15) is 18.9 Å². The minimum atomic E-state index is 0.554. The number of morpholine rings is 1. The molecule has 7 heteroatoms. The summed E-state index contributed by atoms with van der Waals surface area (Å²) in [6.07, 6.45) is 1.05. The molecule has 0 aliphatic carbocycles. The Morgan fingerprint density at radius 2 is 2.09 bits per heavy atom. The third-order valence-corrected chi connectivity index (χ3v) is 4.56. The third-order valence-electron chi connectivity index (χ3n) is 3.63. The van der Waals surface area contributed by atoms with Crippen molar-refractivity contribution in [3.05, 3.63) is 34.3 Å². The van der Waals surface area contributed by atoms with E-state index in [0.717, 1.165) is 61.6 Å². The van der Waals surface area contributed by atoms with Crippen LogP contribution < -0.4 is 10.7 Å². The molecule has 0 bridgehead atoms. The van der Waals surface area contributed by atoms with Gasteiger partial charge in [0.1, 0.15) is 0 Å². The summed E-state index contributed by atoms with van der Waals surface area (Å²) >= 11 is 8.77. The van der Waals surface area contributed by atoms with Crippen LogP contribution in [0.3, 0.4) is 0 Å². The highest BCUT2D eigenvalue weighted by Crippen LogP contribution is 2.16. The maximum Gasteiger partial charge on any atom is 0.186 e. The predicted octanol–water partition coefficient (Wildman–Crippen LogP) is 2.36. The van der Waals surface area contributed by atoms with E-state index in [1.54, 1.807) is 0 Å². The highest BCUT2D eigenvalue weighted by Gasteiger charge is 2.09. The molecule has 0 aromatic heterocycles. The normalized spacial score (nSPS) is 16.2. The van der Waals surface area contributed by atoms with Crippen molar-refractivity contribution in [1.29, 1.82) is 0 Å². The standard InChI is InChI=1S/C16H23BrN4OS/c1-13(14-5-2-3-6-15(14)17)19-20-16(23)18-7-4-8-21-9-11-22-12-10-21/h2-3,5-6H,4,7-12H2,1H3,(H2,18,20,23)/b19-13+. The van der Waals surface area contributed by atoms with Gasteiger partial charge >= 0.3 is 0 Å². The van der Waals surface area contributed by atoms with Gasteiger partial charge in [0, 0.05) is 29.7 Å². The van der Waals surface area contributed by atoms with Gasteiger partial charge < -0.3 is 10.1 Å². The molecule has 126 valence electrons. The predicted molar refractivity (Wildman–Crippen MR) is 102 cm³/mol. The Hall–Kier alpha value is -1.02. The van der Waals surface area contributed by atoms with Crippen LogP contribution in [0.15, 0.2) is 33.8 Å². The molecule has 0 atom stereocenters. The lowest BCUT2D eigenvalue weighted by atomic mass is 10.1. The molecule has 2 rings (SSSR count). The van der Waals surface area contributed by atoms with Crippen molar-refractivity contribution < 1.29 is 4.74 Å². The average molecular weight is 399 g/mol. The largest absolute Gasteiger partial charge is 0.379 e. The molecule has 1 fully saturated rings. The number of hydrogen-bond acceptors (Lipinski definition) is 4. The molecule has 0 unspecified atom stereocenters. The zero-order chi connectivity index (χ0) is 16.5. The number of hydrazone groups is 1. The molecule has 2 N–H and O–H groups in total. The van der Waals surface area contributed by atoms with Gasteiger partial charge in [-0.25, -0.2) is 0 Å². The lowest BCUT2D eigenvalue weighted by Crippen LogP contribution is -2.39. The molecule has 1 aliphatic rings. The molecule has 1 heterocycles. The Morgan fingerprint density at radius 1 is 1.35 bits per heavy atom. The van der Waals surface area contributed by atoms with Crippen molar-refractivity contribution >= 4 is 39.0 Å². The molecular formula is C16H23BrN4OS. The molecular weight excluding hydrogens is 376 g/mol. The molecule has 1 saturated heterocycles. The van der Waals surface area contributed by atoms with Crippen LogP contribution in [0.4, 0.5) is 0 Å². The molecule has 23 heavy (non-hydrogen) atoms. The van der Waals surface area contributed by atoms with Crippen molar-refractivity contribution in [2.75, 3.05) is 39.4 Å². The van der Waals surface area contributed by atoms with Gasteiger partial charge in [-0.3, -0.25) is 10.3 Å². The Bertz CT molecular complexity index is 547. The van der Waals surface area contributed by atoms with Gasteiger partial charge in [0.2, 0.25) is 0 Å². The fraction of sp³-hybridized carbons (Fsp3) is 0.500. The Labute approximate surface area is 151 Å². The summed E-state index contributed by atoms with van der Waals surface area (Å²) in [6.45, 7) is 7.60. The number of thiocarbonyl (C=S) groups is 1. The summed E-state index contributed by atoms with van der Waals surface area (Å²) in [5.41, 5.74) is 4.84. The van der Waals surface area contributed by atoms with E-state index in [1.807, 2.05) is 31.2 Å². The Morgan fingerprint density at radius 3 is 2.83 bits per heavy atom. The lowest BCUT2D eigenvalue weighted by Gasteiger charge is -2.26. The minimum Gasteiger partial charge on any atom is -0.379 e. The summed E-state index contributed by atoms with van der Waals surface area (Å²) < 4.78 is 6.36. The van der Waals surface area contributed by atoms with Crippen LogP contribution >= 0.6 is 28.1 Å². The van der Waals surface area contributed by atoms with E-state index >= 15 is 0 Å². The van der Waals surface area contributed by atoms with Crippen LogP contribution in [-0.4, -0.2) is 55.1 Å². The number of nitrogens with zero attached hydrogens (tertiary/aromatic N) is 2. The Balaban J connectivity index is 1.66. The molecule has 5 nitrogen and oxygen atoms in total. The number of hydrogen-bond donors (Lipinski definition) is 2. The number of ether oxygens (including phenoxy) is 1. The first kappa shape index (κ1) is 18.3. The highest BCUT2D eigenvalue weighted by atomic mass is 79.9. The first-order valence-electron chi connectivity index (χ1n) is 7.80. The van der Waals surface area contributed by atoms with E-state index in [1.165, 1.54) is 0 Å². The summed E-state index contributed by atoms with van der Waals surface area (Å²) in [7, 11) is 0. The molecule has 1 aliphatic heterocycles. The quantitative estimate of drug-likeness (QED) is 0.333. The molecule has 0 saturated carbocycles. The van der Waals surface area contributed by atoms with E-state index in [2.05, 4.69) is 36.7 Å². The van der Waals surface area contributed by atoms with E-state index in [9.17, 15) is 0 Å². The number of nitrogens with one attached hydrogen (secondary N) is 2. The average Bonchev–Trinajstić information content (AvgIpc) is 2.58. The number of halogens is 1. The number of benzene rings is 1. The minimum absolute atomic E-state index is 0.554. The van der Waals surface area contributed by atoms with Crippen molar-refractivity contribution in [2.24, 2.45) is 5.10 Å². The lowest BCUT2D eigenvalue weighted by molar-refractivity contribution is 0.0376. The van der Waals surface area contributed by atoms with Crippen LogP contribution in [-0.2, 0) is 4.74 Å². The monoisotopic (exact) mass is 398 g/mol. The van der Waals surface area contributed by atoms with Gasteiger partial charge in [-0.2, -0.15) is 5.10 Å². The molecule has 0 amide bonds. The molecule has 0 radical (unpaired) electrons. The summed E-state index contributed by atoms with van der Waals surface area (Å²) in [5.74, 6) is 0. The second-order valence-corrected chi connectivity index (χ2v) is 6.61. The fourth-order valence-electron chi connectivity index (χ4n) is 2.32. The molecule has 1 aromatic rings. The van der Waals surface area contributed by atoms with Crippen LogP contribution in [0.25, 0.3) is 0 Å². The molecule has 1 aromatic carbocycles. The van der Waals surface area contributed by atoms with E-state index in [0.29, 0.717) is 5.11 Å². The van der Waals surface area contributed by atoms with Gasteiger partial charge in [-0.15, -0.1) is 0 Å². The summed E-state index contributed by atoms with van der Waals surface area (Å²) in [5, 5.41) is 8.07. The van der Waals surface area contributed by atoms with E-state index in [-0.39, 0.29) is 0 Å². The topological polar surface area (TPSA) is 48.9 Å². The Kier molecular flexibility index (Phi) is 7.94. The van der Waals surface area contributed by atoms with Gasteiger partial charge in [-0.1, -0.05) is 34.1 Å². The molecule has 0 spiro atoms. The SMILES string of the molecule is C/C(=N\NC(=S)NCCCN1CCOCC1)c1ccccc1Br. The second-order valence-electron chi connectivity index (χ2n) is 5.35. The van der Waals surface area contributed by atoms with Crippen molar-refractivity contribution in [3.63, 3.8) is 0 Å². The maximum absolute atomic E-state index is 5.34. The second kappa shape index (κ2) is 9.97. The number of rotatable bonds is 6.